The smallest absolute Gasteiger partial charge is 0.0972 e. The van der Waals surface area contributed by atoms with E-state index in [0.717, 1.165) is 19.7 Å². The Hall–Kier alpha value is -1.06. The van der Waals surface area contributed by atoms with E-state index < -0.39 is 0 Å². The average molecular weight is 220 g/mol. The molecule has 0 spiro atoms. The first-order chi connectivity index (χ1) is 7.70. The lowest BCUT2D eigenvalue weighted by atomic mass is 9.99. The molecular weight excluding hydrogens is 200 g/mol. The van der Waals surface area contributed by atoms with E-state index >= 15 is 0 Å². The fourth-order valence-electron chi connectivity index (χ4n) is 2.22. The van der Waals surface area contributed by atoms with E-state index in [2.05, 4.69) is 49.4 Å². The van der Waals surface area contributed by atoms with E-state index in [1.54, 1.807) is 0 Å². The summed E-state index contributed by atoms with van der Waals surface area (Å²) in [5, 5.41) is 3.38. The van der Waals surface area contributed by atoms with E-state index in [9.17, 15) is 0 Å². The normalized spacial score (nSPS) is 20.8. The number of benzene rings is 1. The van der Waals surface area contributed by atoms with Crippen LogP contribution in [-0.2, 0) is 4.74 Å². The minimum Gasteiger partial charge on any atom is -0.377 e. The number of nitrogens with one attached hydrogen (secondary N) is 1. The molecule has 1 unspecified atom stereocenters. The lowest BCUT2D eigenvalue weighted by Crippen LogP contribution is -2.34. The van der Waals surface area contributed by atoms with Crippen molar-refractivity contribution >= 4 is 5.69 Å². The third-order valence-corrected chi connectivity index (χ3v) is 3.03. The van der Waals surface area contributed by atoms with Gasteiger partial charge in [-0.05, 0) is 18.6 Å². The van der Waals surface area contributed by atoms with Gasteiger partial charge in [0.25, 0.3) is 0 Å². The third-order valence-electron chi connectivity index (χ3n) is 3.03. The molecule has 1 saturated heterocycles. The van der Waals surface area contributed by atoms with Crippen LogP contribution >= 0.6 is 0 Å². The van der Waals surface area contributed by atoms with Crippen molar-refractivity contribution in [3.63, 3.8) is 0 Å². The molecular formula is C13H20N2O. The number of nitrogens with zero attached hydrogens (tertiary/aromatic N) is 1. The molecule has 1 heterocycles. The molecule has 1 aliphatic rings. The number of rotatable bonds is 2. The van der Waals surface area contributed by atoms with Gasteiger partial charge in [-0.15, -0.1) is 0 Å². The Bertz CT molecular complexity index is 357. The van der Waals surface area contributed by atoms with Gasteiger partial charge >= 0.3 is 0 Å². The van der Waals surface area contributed by atoms with Crippen LogP contribution in [0.3, 0.4) is 0 Å². The lowest BCUT2D eigenvalue weighted by molar-refractivity contribution is 0.0276. The predicted octanol–water partition coefficient (Wildman–Crippen LogP) is 1.72. The number of ether oxygens (including phenoxy) is 1. The molecule has 1 N–H and O–H groups in total. The summed E-state index contributed by atoms with van der Waals surface area (Å²) in [6.07, 6.45) is 0.187. The fraction of sp³-hybridized carbons (Fsp3) is 0.538. The Morgan fingerprint density at radius 2 is 2.19 bits per heavy atom. The van der Waals surface area contributed by atoms with Crippen LogP contribution in [0.1, 0.15) is 17.2 Å². The molecule has 88 valence electrons. The van der Waals surface area contributed by atoms with Crippen LogP contribution in [0.4, 0.5) is 5.69 Å². The Morgan fingerprint density at radius 3 is 2.81 bits per heavy atom. The van der Waals surface area contributed by atoms with Crippen molar-refractivity contribution in [2.24, 2.45) is 0 Å². The first-order valence-electron chi connectivity index (χ1n) is 5.79. The molecule has 0 saturated carbocycles. The Balaban J connectivity index is 2.36. The van der Waals surface area contributed by atoms with Crippen LogP contribution in [0.5, 0.6) is 0 Å². The summed E-state index contributed by atoms with van der Waals surface area (Å²) in [4.78, 5) is 2.15. The van der Waals surface area contributed by atoms with Gasteiger partial charge in [0, 0.05) is 38.4 Å². The van der Waals surface area contributed by atoms with Crippen molar-refractivity contribution < 1.29 is 4.74 Å². The lowest BCUT2D eigenvalue weighted by Gasteiger charge is -2.29. The molecule has 0 aliphatic carbocycles. The van der Waals surface area contributed by atoms with Crippen molar-refractivity contribution in [1.82, 2.24) is 5.32 Å². The topological polar surface area (TPSA) is 24.5 Å². The van der Waals surface area contributed by atoms with E-state index in [0.29, 0.717) is 0 Å². The molecule has 1 fully saturated rings. The van der Waals surface area contributed by atoms with Crippen molar-refractivity contribution in [2.75, 3.05) is 38.7 Å². The second-order valence-electron chi connectivity index (χ2n) is 4.47. The molecule has 16 heavy (non-hydrogen) atoms. The van der Waals surface area contributed by atoms with Gasteiger partial charge in [0.2, 0.25) is 0 Å². The quantitative estimate of drug-likeness (QED) is 0.821. The largest absolute Gasteiger partial charge is 0.377 e. The van der Waals surface area contributed by atoms with Crippen molar-refractivity contribution in [1.29, 1.82) is 0 Å². The molecule has 0 radical (unpaired) electrons. The van der Waals surface area contributed by atoms with Crippen LogP contribution in [0.15, 0.2) is 18.2 Å². The minimum absolute atomic E-state index is 0.187. The van der Waals surface area contributed by atoms with E-state index in [1.807, 2.05) is 0 Å². The molecule has 3 nitrogen and oxygen atoms in total. The maximum Gasteiger partial charge on any atom is 0.0972 e. The highest BCUT2D eigenvalue weighted by atomic mass is 16.5. The predicted molar refractivity (Wildman–Crippen MR) is 67.1 cm³/mol. The monoisotopic (exact) mass is 220 g/mol. The first kappa shape index (κ1) is 11.4. The van der Waals surface area contributed by atoms with Gasteiger partial charge in [0.05, 0.1) is 12.7 Å². The van der Waals surface area contributed by atoms with Crippen LogP contribution in [0.25, 0.3) is 0 Å². The zero-order chi connectivity index (χ0) is 11.5. The maximum atomic E-state index is 5.85. The first-order valence-corrected chi connectivity index (χ1v) is 5.79. The van der Waals surface area contributed by atoms with Crippen LogP contribution in [-0.4, -0.2) is 33.8 Å². The van der Waals surface area contributed by atoms with Gasteiger partial charge in [-0.1, -0.05) is 12.1 Å². The molecule has 1 aromatic rings. The number of anilines is 1. The van der Waals surface area contributed by atoms with Crippen LogP contribution in [0.2, 0.25) is 0 Å². The van der Waals surface area contributed by atoms with Gasteiger partial charge in [-0.3, -0.25) is 0 Å². The Morgan fingerprint density at radius 1 is 1.38 bits per heavy atom. The third kappa shape index (κ3) is 2.20. The molecule has 1 aliphatic heterocycles. The number of morpholine rings is 1. The average Bonchev–Trinajstić information content (AvgIpc) is 2.29. The van der Waals surface area contributed by atoms with E-state index in [-0.39, 0.29) is 6.10 Å². The van der Waals surface area contributed by atoms with Gasteiger partial charge < -0.3 is 15.0 Å². The minimum atomic E-state index is 0.187. The zero-order valence-corrected chi connectivity index (χ0v) is 10.3. The fourth-order valence-corrected chi connectivity index (χ4v) is 2.22. The number of hydrogen-bond acceptors (Lipinski definition) is 3. The second-order valence-corrected chi connectivity index (χ2v) is 4.47. The highest BCUT2D eigenvalue weighted by Gasteiger charge is 2.21. The molecule has 0 aromatic heterocycles. The summed E-state index contributed by atoms with van der Waals surface area (Å²) < 4.78 is 5.85. The van der Waals surface area contributed by atoms with Crippen molar-refractivity contribution in [3.05, 3.63) is 29.3 Å². The standard InChI is InChI=1S/C13H20N2O/c1-10-5-4-6-11(15(2)3)13(10)12-9-14-7-8-16-12/h4-6,12,14H,7-9H2,1-3H3. The van der Waals surface area contributed by atoms with Gasteiger partial charge in [0.15, 0.2) is 0 Å². The van der Waals surface area contributed by atoms with Gasteiger partial charge in [-0.2, -0.15) is 0 Å². The Labute approximate surface area is 97.4 Å². The van der Waals surface area contributed by atoms with E-state index in [1.165, 1.54) is 16.8 Å². The zero-order valence-electron chi connectivity index (χ0n) is 10.3. The number of hydrogen-bond donors (Lipinski definition) is 1. The second kappa shape index (κ2) is 4.85. The van der Waals surface area contributed by atoms with Crippen molar-refractivity contribution in [3.8, 4) is 0 Å². The molecule has 3 heteroatoms. The molecule has 1 atom stereocenters. The summed E-state index contributed by atoms with van der Waals surface area (Å²) in [5.41, 5.74) is 3.88. The molecule has 0 amide bonds. The van der Waals surface area contributed by atoms with Crippen LogP contribution < -0.4 is 10.2 Å². The molecule has 0 bridgehead atoms. The van der Waals surface area contributed by atoms with Gasteiger partial charge in [0.1, 0.15) is 0 Å². The summed E-state index contributed by atoms with van der Waals surface area (Å²) >= 11 is 0. The van der Waals surface area contributed by atoms with Crippen molar-refractivity contribution in [2.45, 2.75) is 13.0 Å². The van der Waals surface area contributed by atoms with E-state index in [4.69, 9.17) is 4.74 Å². The summed E-state index contributed by atoms with van der Waals surface area (Å²) in [6.45, 7) is 4.82. The maximum absolute atomic E-state index is 5.85. The van der Waals surface area contributed by atoms with Crippen LogP contribution in [0, 0.1) is 6.92 Å². The summed E-state index contributed by atoms with van der Waals surface area (Å²) in [6, 6.07) is 6.41. The summed E-state index contributed by atoms with van der Waals surface area (Å²) in [5.74, 6) is 0. The summed E-state index contributed by atoms with van der Waals surface area (Å²) in [7, 11) is 4.16. The molecule has 2 rings (SSSR count). The SMILES string of the molecule is Cc1cccc(N(C)C)c1C1CNCCO1. The highest BCUT2D eigenvalue weighted by Crippen LogP contribution is 2.31. The van der Waals surface area contributed by atoms with Gasteiger partial charge in [-0.25, -0.2) is 0 Å². The Kier molecular flexibility index (Phi) is 3.46. The highest BCUT2D eigenvalue weighted by molar-refractivity contribution is 5.57. The number of aryl methyl sites for hydroxylation is 1. The molecule has 1 aromatic carbocycles.